The lowest BCUT2D eigenvalue weighted by molar-refractivity contribution is 0.276. The smallest absolute Gasteiger partial charge is 0.130 e. The number of thiophene rings is 1. The molecule has 100 valence electrons. The van der Waals surface area contributed by atoms with Crippen LogP contribution < -0.4 is 4.90 Å². The average molecular weight is 277 g/mol. The van der Waals surface area contributed by atoms with Crippen molar-refractivity contribution in [3.8, 4) is 0 Å². The number of nitrogens with zero attached hydrogens (tertiary/aromatic N) is 1. The van der Waals surface area contributed by atoms with Crippen molar-refractivity contribution >= 4 is 17.0 Å². The predicted octanol–water partition coefficient (Wildman–Crippen LogP) is 3.55. The van der Waals surface area contributed by atoms with Gasteiger partial charge in [0.25, 0.3) is 0 Å². The Morgan fingerprint density at radius 2 is 2.16 bits per heavy atom. The maximum atomic E-state index is 13.8. The second kappa shape index (κ2) is 5.31. The first-order chi connectivity index (χ1) is 9.29. The number of benzene rings is 1. The molecule has 1 fully saturated rings. The lowest BCUT2D eigenvalue weighted by Gasteiger charge is -2.26. The third-order valence-corrected chi connectivity index (χ3v) is 4.21. The van der Waals surface area contributed by atoms with E-state index in [1.807, 2.05) is 6.07 Å². The highest BCUT2D eigenvalue weighted by Crippen LogP contribution is 2.36. The summed E-state index contributed by atoms with van der Waals surface area (Å²) in [6, 6.07) is 7.60. The Labute approximate surface area is 116 Å². The van der Waals surface area contributed by atoms with Crippen LogP contribution in [-0.4, -0.2) is 11.1 Å². The minimum absolute atomic E-state index is 0.255. The van der Waals surface area contributed by atoms with Gasteiger partial charge in [0.15, 0.2) is 0 Å². The zero-order valence-corrected chi connectivity index (χ0v) is 11.4. The quantitative estimate of drug-likeness (QED) is 0.903. The van der Waals surface area contributed by atoms with Crippen LogP contribution in [-0.2, 0) is 13.2 Å². The number of halogens is 1. The Hall–Kier alpha value is -1.39. The van der Waals surface area contributed by atoms with Gasteiger partial charge in [0.1, 0.15) is 5.82 Å². The molecule has 1 heterocycles. The molecule has 0 bridgehead atoms. The topological polar surface area (TPSA) is 23.5 Å². The first-order valence-electron chi connectivity index (χ1n) is 6.45. The summed E-state index contributed by atoms with van der Waals surface area (Å²) in [6.07, 6.45) is 2.29. The van der Waals surface area contributed by atoms with Gasteiger partial charge in [-0.15, -0.1) is 0 Å². The van der Waals surface area contributed by atoms with Crippen molar-refractivity contribution in [1.29, 1.82) is 0 Å². The van der Waals surface area contributed by atoms with Gasteiger partial charge in [-0.2, -0.15) is 11.3 Å². The van der Waals surface area contributed by atoms with E-state index in [0.717, 1.165) is 25.1 Å². The molecule has 1 aromatic heterocycles. The Morgan fingerprint density at radius 3 is 2.79 bits per heavy atom. The van der Waals surface area contributed by atoms with Crippen LogP contribution in [0.25, 0.3) is 0 Å². The van der Waals surface area contributed by atoms with E-state index in [1.165, 1.54) is 11.6 Å². The van der Waals surface area contributed by atoms with Crippen molar-refractivity contribution in [2.75, 3.05) is 4.90 Å². The van der Waals surface area contributed by atoms with Crippen LogP contribution in [0.1, 0.15) is 24.0 Å². The molecule has 0 atom stereocenters. The van der Waals surface area contributed by atoms with E-state index in [9.17, 15) is 9.50 Å². The highest BCUT2D eigenvalue weighted by molar-refractivity contribution is 7.07. The minimum Gasteiger partial charge on any atom is -0.391 e. The van der Waals surface area contributed by atoms with E-state index >= 15 is 0 Å². The Morgan fingerprint density at radius 1 is 1.32 bits per heavy atom. The number of hydrogen-bond acceptors (Lipinski definition) is 3. The number of rotatable bonds is 5. The largest absolute Gasteiger partial charge is 0.391 e. The molecule has 0 amide bonds. The standard InChI is InChI=1S/C15H16FNOS/c16-14-2-1-3-15(13(14)9-18)17(12-4-5-12)8-11-6-7-19-10-11/h1-3,6-7,10,12,18H,4-5,8-9H2. The third-order valence-electron chi connectivity index (χ3n) is 3.48. The fourth-order valence-electron chi connectivity index (χ4n) is 2.35. The molecule has 19 heavy (non-hydrogen) atoms. The molecule has 0 saturated heterocycles. The molecule has 1 aromatic carbocycles. The molecule has 0 aliphatic heterocycles. The predicted molar refractivity (Wildman–Crippen MR) is 75.8 cm³/mol. The lowest BCUT2D eigenvalue weighted by atomic mass is 10.1. The maximum Gasteiger partial charge on any atom is 0.130 e. The van der Waals surface area contributed by atoms with E-state index < -0.39 is 0 Å². The van der Waals surface area contributed by atoms with Gasteiger partial charge in [-0.1, -0.05) is 6.07 Å². The summed E-state index contributed by atoms with van der Waals surface area (Å²) in [7, 11) is 0. The number of anilines is 1. The van der Waals surface area contributed by atoms with Crippen LogP contribution >= 0.6 is 11.3 Å². The number of aliphatic hydroxyl groups is 1. The first-order valence-corrected chi connectivity index (χ1v) is 7.40. The van der Waals surface area contributed by atoms with Crippen LogP contribution in [0.4, 0.5) is 10.1 Å². The summed E-state index contributed by atoms with van der Waals surface area (Å²) in [6.45, 7) is 0.527. The van der Waals surface area contributed by atoms with Gasteiger partial charge in [-0.3, -0.25) is 0 Å². The van der Waals surface area contributed by atoms with E-state index in [1.54, 1.807) is 17.4 Å². The molecular weight excluding hydrogens is 261 g/mol. The molecule has 1 aliphatic rings. The van der Waals surface area contributed by atoms with Gasteiger partial charge < -0.3 is 10.0 Å². The molecule has 1 saturated carbocycles. The first kappa shape index (κ1) is 12.6. The van der Waals surface area contributed by atoms with Crippen molar-refractivity contribution < 1.29 is 9.50 Å². The summed E-state index contributed by atoms with van der Waals surface area (Å²) < 4.78 is 13.8. The fourth-order valence-corrected chi connectivity index (χ4v) is 3.01. The van der Waals surface area contributed by atoms with Crippen molar-refractivity contribution in [2.24, 2.45) is 0 Å². The maximum absolute atomic E-state index is 13.8. The summed E-state index contributed by atoms with van der Waals surface area (Å²) in [5.41, 5.74) is 2.48. The van der Waals surface area contributed by atoms with E-state index in [2.05, 4.69) is 21.7 Å². The zero-order chi connectivity index (χ0) is 13.2. The summed E-state index contributed by atoms with van der Waals surface area (Å²) in [5.74, 6) is -0.323. The molecule has 3 rings (SSSR count). The monoisotopic (exact) mass is 277 g/mol. The van der Waals surface area contributed by atoms with Crippen LogP contribution in [0.3, 0.4) is 0 Å². The third kappa shape index (κ3) is 2.65. The molecule has 2 aromatic rings. The molecule has 1 aliphatic carbocycles. The highest BCUT2D eigenvalue weighted by Gasteiger charge is 2.31. The van der Waals surface area contributed by atoms with Crippen molar-refractivity contribution in [3.63, 3.8) is 0 Å². The van der Waals surface area contributed by atoms with Crippen LogP contribution in [0.2, 0.25) is 0 Å². The Balaban J connectivity index is 1.94. The molecule has 0 unspecified atom stereocenters. The molecule has 1 N–H and O–H groups in total. The zero-order valence-electron chi connectivity index (χ0n) is 10.6. The van der Waals surface area contributed by atoms with Gasteiger partial charge in [0, 0.05) is 23.8 Å². The molecular formula is C15H16FNOS. The van der Waals surface area contributed by atoms with Crippen molar-refractivity contribution in [2.45, 2.75) is 32.0 Å². The van der Waals surface area contributed by atoms with Gasteiger partial charge in [0.2, 0.25) is 0 Å². The average Bonchev–Trinajstić information content (AvgIpc) is 3.13. The molecule has 0 radical (unpaired) electrons. The Bertz CT molecular complexity index is 551. The van der Waals surface area contributed by atoms with Crippen molar-refractivity contribution in [3.05, 3.63) is 52.0 Å². The fraction of sp³-hybridized carbons (Fsp3) is 0.333. The number of hydrogen-bond donors (Lipinski definition) is 1. The normalized spacial score (nSPS) is 14.6. The SMILES string of the molecule is OCc1c(F)cccc1N(Cc1ccsc1)C1CC1. The summed E-state index contributed by atoms with van der Waals surface area (Å²) in [4.78, 5) is 2.22. The Kier molecular flexibility index (Phi) is 3.53. The molecule has 4 heteroatoms. The van der Waals surface area contributed by atoms with Crippen molar-refractivity contribution in [1.82, 2.24) is 0 Å². The van der Waals surface area contributed by atoms with Crippen LogP contribution in [0.15, 0.2) is 35.0 Å². The summed E-state index contributed by atoms with van der Waals surface area (Å²) in [5, 5.41) is 13.6. The second-order valence-corrected chi connectivity index (χ2v) is 5.67. The summed E-state index contributed by atoms with van der Waals surface area (Å²) >= 11 is 1.67. The second-order valence-electron chi connectivity index (χ2n) is 4.89. The van der Waals surface area contributed by atoms with Crippen LogP contribution in [0.5, 0.6) is 0 Å². The molecule has 0 spiro atoms. The van der Waals surface area contributed by atoms with E-state index in [4.69, 9.17) is 0 Å². The van der Waals surface area contributed by atoms with E-state index in [-0.39, 0.29) is 12.4 Å². The van der Waals surface area contributed by atoms with Gasteiger partial charge in [-0.25, -0.2) is 4.39 Å². The van der Waals surface area contributed by atoms with Crippen LogP contribution in [0, 0.1) is 5.82 Å². The molecule has 2 nitrogen and oxygen atoms in total. The van der Waals surface area contributed by atoms with E-state index in [0.29, 0.717) is 11.6 Å². The lowest BCUT2D eigenvalue weighted by Crippen LogP contribution is -2.26. The number of aliphatic hydroxyl groups excluding tert-OH is 1. The minimum atomic E-state index is -0.323. The van der Waals surface area contributed by atoms with Gasteiger partial charge in [0.05, 0.1) is 6.61 Å². The van der Waals surface area contributed by atoms with Gasteiger partial charge >= 0.3 is 0 Å². The van der Waals surface area contributed by atoms with Gasteiger partial charge in [-0.05, 0) is 47.4 Å². The highest BCUT2D eigenvalue weighted by atomic mass is 32.1.